The molecule has 0 bridgehead atoms. The Morgan fingerprint density at radius 1 is 0.926 bits per heavy atom. The van der Waals surface area contributed by atoms with Crippen LogP contribution < -0.4 is 5.32 Å². The lowest BCUT2D eigenvalue weighted by Crippen LogP contribution is -2.46. The summed E-state index contributed by atoms with van der Waals surface area (Å²) < 4.78 is 0. The fourth-order valence-electron chi connectivity index (χ4n) is 3.42. The quantitative estimate of drug-likeness (QED) is 0.880. The number of nitrogens with zero attached hydrogens (tertiary/aromatic N) is 1. The first-order valence-corrected chi connectivity index (χ1v) is 9.72. The molecular weight excluding hydrogens is 336 g/mol. The molecule has 2 amide bonds. The summed E-state index contributed by atoms with van der Waals surface area (Å²) in [5.74, 6) is 0.179. The molecule has 1 saturated heterocycles. The van der Waals surface area contributed by atoms with Gasteiger partial charge in [0, 0.05) is 31.1 Å². The van der Waals surface area contributed by atoms with Crippen LogP contribution in [0.3, 0.4) is 0 Å². The van der Waals surface area contributed by atoms with Crippen molar-refractivity contribution in [2.45, 2.75) is 45.6 Å². The van der Waals surface area contributed by atoms with Crippen LogP contribution in [0.1, 0.15) is 46.3 Å². The van der Waals surface area contributed by atoms with Crippen LogP contribution in [-0.4, -0.2) is 35.8 Å². The highest BCUT2D eigenvalue weighted by atomic mass is 16.2. The van der Waals surface area contributed by atoms with Crippen LogP contribution >= 0.6 is 0 Å². The molecule has 1 N–H and O–H groups in total. The average Bonchev–Trinajstić information content (AvgIpc) is 2.68. The van der Waals surface area contributed by atoms with Crippen molar-refractivity contribution >= 4 is 11.8 Å². The maximum atomic E-state index is 12.6. The van der Waals surface area contributed by atoms with Crippen molar-refractivity contribution in [3.05, 3.63) is 70.8 Å². The minimum absolute atomic E-state index is 0.0825. The summed E-state index contributed by atoms with van der Waals surface area (Å²) in [4.78, 5) is 26.7. The van der Waals surface area contributed by atoms with Crippen LogP contribution in [-0.2, 0) is 11.2 Å². The van der Waals surface area contributed by atoms with Gasteiger partial charge >= 0.3 is 0 Å². The van der Waals surface area contributed by atoms with Crippen molar-refractivity contribution in [1.82, 2.24) is 10.2 Å². The summed E-state index contributed by atoms with van der Waals surface area (Å²) in [6, 6.07) is 16.2. The number of rotatable bonds is 5. The molecule has 0 unspecified atom stereocenters. The van der Waals surface area contributed by atoms with Gasteiger partial charge in [0.25, 0.3) is 5.91 Å². The predicted octanol–water partition coefficient (Wildman–Crippen LogP) is 3.66. The van der Waals surface area contributed by atoms with Crippen LogP contribution in [0.5, 0.6) is 0 Å². The molecule has 0 aromatic heterocycles. The summed E-state index contributed by atoms with van der Waals surface area (Å²) >= 11 is 0. The summed E-state index contributed by atoms with van der Waals surface area (Å²) in [7, 11) is 0. The highest BCUT2D eigenvalue weighted by Crippen LogP contribution is 2.15. The van der Waals surface area contributed by atoms with Gasteiger partial charge in [0.2, 0.25) is 5.91 Å². The van der Waals surface area contributed by atoms with Gasteiger partial charge in [0.05, 0.1) is 0 Å². The number of hydrogen-bond donors (Lipinski definition) is 1. The van der Waals surface area contributed by atoms with Crippen molar-refractivity contribution in [3.8, 4) is 0 Å². The molecular formula is C23H28N2O2. The number of likely N-dealkylation sites (tertiary alicyclic amines) is 1. The van der Waals surface area contributed by atoms with Crippen LogP contribution in [0, 0.1) is 13.8 Å². The number of carbonyl (C=O) groups excluding carboxylic acids is 2. The zero-order valence-corrected chi connectivity index (χ0v) is 16.2. The smallest absolute Gasteiger partial charge is 0.253 e. The maximum absolute atomic E-state index is 12.6. The number of amides is 2. The van der Waals surface area contributed by atoms with Gasteiger partial charge in [0.15, 0.2) is 0 Å². The summed E-state index contributed by atoms with van der Waals surface area (Å²) in [5.41, 5.74) is 4.31. The number of carbonyl (C=O) groups is 2. The minimum atomic E-state index is 0.0825. The fourth-order valence-corrected chi connectivity index (χ4v) is 3.42. The van der Waals surface area contributed by atoms with Gasteiger partial charge < -0.3 is 10.2 Å². The number of aryl methyl sites for hydroxylation is 3. The van der Waals surface area contributed by atoms with Gasteiger partial charge in [-0.1, -0.05) is 47.5 Å². The summed E-state index contributed by atoms with van der Waals surface area (Å²) in [5, 5.41) is 3.13. The Labute approximate surface area is 161 Å². The molecule has 0 spiro atoms. The predicted molar refractivity (Wildman–Crippen MR) is 108 cm³/mol. The second-order valence-corrected chi connectivity index (χ2v) is 7.49. The van der Waals surface area contributed by atoms with E-state index in [1.54, 1.807) is 0 Å². The summed E-state index contributed by atoms with van der Waals surface area (Å²) in [6.07, 6.45) is 2.89. The largest absolute Gasteiger partial charge is 0.353 e. The number of hydrogen-bond acceptors (Lipinski definition) is 2. The van der Waals surface area contributed by atoms with Gasteiger partial charge in [-0.05, 0) is 50.8 Å². The molecule has 1 fully saturated rings. The molecule has 0 saturated carbocycles. The number of piperidine rings is 1. The number of nitrogens with one attached hydrogen (secondary N) is 1. The third kappa shape index (κ3) is 5.43. The average molecular weight is 364 g/mol. The SMILES string of the molecule is Cc1ccc(CCC(=O)NC2CCN(C(=O)c3ccc(C)cc3)CC2)cc1. The Morgan fingerprint density at radius 3 is 2.07 bits per heavy atom. The molecule has 4 nitrogen and oxygen atoms in total. The minimum Gasteiger partial charge on any atom is -0.353 e. The molecule has 1 heterocycles. The van der Waals surface area contributed by atoms with Crippen molar-refractivity contribution in [1.29, 1.82) is 0 Å². The van der Waals surface area contributed by atoms with Gasteiger partial charge in [0.1, 0.15) is 0 Å². The first-order chi connectivity index (χ1) is 13.0. The van der Waals surface area contributed by atoms with Crippen LogP contribution in [0.15, 0.2) is 48.5 Å². The monoisotopic (exact) mass is 364 g/mol. The van der Waals surface area contributed by atoms with E-state index in [0.717, 1.165) is 30.4 Å². The highest BCUT2D eigenvalue weighted by Gasteiger charge is 2.24. The van der Waals surface area contributed by atoms with Crippen LogP contribution in [0.2, 0.25) is 0 Å². The van der Waals surface area contributed by atoms with E-state index in [-0.39, 0.29) is 17.9 Å². The lowest BCUT2D eigenvalue weighted by atomic mass is 10.0. The lowest BCUT2D eigenvalue weighted by Gasteiger charge is -2.32. The maximum Gasteiger partial charge on any atom is 0.253 e. The van der Waals surface area contributed by atoms with Crippen molar-refractivity contribution in [3.63, 3.8) is 0 Å². The molecule has 0 radical (unpaired) electrons. The Kier molecular flexibility index (Phi) is 6.28. The molecule has 0 atom stereocenters. The first-order valence-electron chi connectivity index (χ1n) is 9.72. The van der Waals surface area contributed by atoms with Gasteiger partial charge in [-0.2, -0.15) is 0 Å². The Balaban J connectivity index is 1.42. The normalized spacial score (nSPS) is 14.8. The van der Waals surface area contributed by atoms with E-state index in [0.29, 0.717) is 19.5 Å². The molecule has 2 aromatic rings. The van der Waals surface area contributed by atoms with Gasteiger partial charge in [-0.15, -0.1) is 0 Å². The summed E-state index contributed by atoms with van der Waals surface area (Å²) in [6.45, 7) is 5.46. The van der Waals surface area contributed by atoms with Crippen molar-refractivity contribution in [2.75, 3.05) is 13.1 Å². The third-order valence-electron chi connectivity index (χ3n) is 5.21. The van der Waals surface area contributed by atoms with E-state index in [1.165, 1.54) is 11.1 Å². The standard InChI is InChI=1S/C23H28N2O2/c1-17-3-7-19(8-4-17)9-12-22(26)24-21-13-15-25(16-14-21)23(27)20-10-5-18(2)6-11-20/h3-8,10-11,21H,9,12-16H2,1-2H3,(H,24,26). The Morgan fingerprint density at radius 2 is 1.48 bits per heavy atom. The molecule has 1 aliphatic rings. The van der Waals surface area contributed by atoms with Crippen molar-refractivity contribution in [2.24, 2.45) is 0 Å². The molecule has 0 aliphatic carbocycles. The van der Waals surface area contributed by atoms with Crippen molar-refractivity contribution < 1.29 is 9.59 Å². The zero-order chi connectivity index (χ0) is 19.2. The second kappa shape index (κ2) is 8.85. The molecule has 1 aliphatic heterocycles. The Hall–Kier alpha value is -2.62. The van der Waals surface area contributed by atoms with Crippen LogP contribution in [0.4, 0.5) is 0 Å². The zero-order valence-electron chi connectivity index (χ0n) is 16.2. The molecule has 4 heteroatoms. The lowest BCUT2D eigenvalue weighted by molar-refractivity contribution is -0.122. The third-order valence-corrected chi connectivity index (χ3v) is 5.21. The van der Waals surface area contributed by atoms with E-state index in [1.807, 2.05) is 36.1 Å². The van der Waals surface area contributed by atoms with E-state index in [2.05, 4.69) is 36.5 Å². The molecule has 27 heavy (non-hydrogen) atoms. The second-order valence-electron chi connectivity index (χ2n) is 7.49. The van der Waals surface area contributed by atoms with Gasteiger partial charge in [-0.3, -0.25) is 9.59 Å². The first kappa shape index (κ1) is 19.2. The fraction of sp³-hybridized carbons (Fsp3) is 0.391. The molecule has 142 valence electrons. The van der Waals surface area contributed by atoms with E-state index in [4.69, 9.17) is 0 Å². The van der Waals surface area contributed by atoms with E-state index >= 15 is 0 Å². The molecule has 3 rings (SSSR count). The number of benzene rings is 2. The highest BCUT2D eigenvalue weighted by molar-refractivity contribution is 5.94. The molecule has 2 aromatic carbocycles. The van der Waals surface area contributed by atoms with E-state index < -0.39 is 0 Å². The van der Waals surface area contributed by atoms with E-state index in [9.17, 15) is 9.59 Å². The van der Waals surface area contributed by atoms with Gasteiger partial charge in [-0.25, -0.2) is 0 Å². The van der Waals surface area contributed by atoms with Crippen LogP contribution in [0.25, 0.3) is 0 Å². The Bertz CT molecular complexity index is 773. The topological polar surface area (TPSA) is 49.4 Å².